The average Bonchev–Trinajstić information content (AvgIpc) is 2.62. The van der Waals surface area contributed by atoms with E-state index in [4.69, 9.17) is 9.47 Å². The van der Waals surface area contributed by atoms with Gasteiger partial charge in [0.2, 0.25) is 0 Å². The Balaban J connectivity index is 2.01. The normalized spacial score (nSPS) is 13.2. The van der Waals surface area contributed by atoms with E-state index in [0.29, 0.717) is 37.6 Å². The fraction of sp³-hybridized carbons (Fsp3) is 0.556. The van der Waals surface area contributed by atoms with Crippen LogP contribution in [0.3, 0.4) is 0 Å². The first kappa shape index (κ1) is 18.1. The Labute approximate surface area is 143 Å². The second-order valence-corrected chi connectivity index (χ2v) is 5.92. The number of carbonyl (C=O) groups is 2. The van der Waals surface area contributed by atoms with Gasteiger partial charge in [-0.05, 0) is 36.1 Å². The van der Waals surface area contributed by atoms with Crippen LogP contribution in [0.2, 0.25) is 0 Å². The lowest BCUT2D eigenvalue weighted by Gasteiger charge is -2.29. The van der Waals surface area contributed by atoms with Gasteiger partial charge in [-0.2, -0.15) is 0 Å². The number of rotatable bonds is 6. The van der Waals surface area contributed by atoms with Crippen molar-refractivity contribution < 1.29 is 19.1 Å². The van der Waals surface area contributed by atoms with Crippen molar-refractivity contribution in [2.75, 3.05) is 27.3 Å². The van der Waals surface area contributed by atoms with E-state index >= 15 is 0 Å². The zero-order valence-electron chi connectivity index (χ0n) is 14.7. The Morgan fingerprint density at radius 1 is 1.12 bits per heavy atom. The van der Waals surface area contributed by atoms with Crippen LogP contribution in [0.5, 0.6) is 11.5 Å². The molecule has 0 unspecified atom stereocenters. The highest BCUT2D eigenvalue weighted by molar-refractivity contribution is 6.35. The number of hydrogen-bond donors (Lipinski definition) is 1. The maximum Gasteiger partial charge on any atom is 0.312 e. The summed E-state index contributed by atoms with van der Waals surface area (Å²) in [4.78, 5) is 25.9. The van der Waals surface area contributed by atoms with E-state index in [1.807, 2.05) is 12.1 Å². The molecule has 0 aliphatic carbocycles. The van der Waals surface area contributed by atoms with Crippen molar-refractivity contribution in [1.29, 1.82) is 0 Å². The number of nitrogens with zero attached hydrogens (tertiary/aromatic N) is 1. The molecule has 0 aromatic heterocycles. The van der Waals surface area contributed by atoms with E-state index in [0.717, 1.165) is 30.4 Å². The highest BCUT2D eigenvalue weighted by Crippen LogP contribution is 2.33. The Bertz CT molecular complexity index is 601. The van der Waals surface area contributed by atoms with Gasteiger partial charge in [-0.25, -0.2) is 0 Å². The lowest BCUT2D eigenvalue weighted by atomic mass is 9.98. The molecule has 0 bridgehead atoms. The minimum absolute atomic E-state index is 0.414. The summed E-state index contributed by atoms with van der Waals surface area (Å²) in [6.45, 7) is 3.59. The lowest BCUT2D eigenvalue weighted by Crippen LogP contribution is -2.45. The first-order chi connectivity index (χ1) is 11.6. The molecule has 6 nitrogen and oxygen atoms in total. The van der Waals surface area contributed by atoms with Gasteiger partial charge in [0.1, 0.15) is 0 Å². The summed E-state index contributed by atoms with van der Waals surface area (Å²) in [5.74, 6) is 0.334. The molecule has 1 aromatic rings. The summed E-state index contributed by atoms with van der Waals surface area (Å²) < 4.78 is 10.6. The molecule has 6 heteroatoms. The number of ether oxygens (including phenoxy) is 2. The number of amides is 2. The van der Waals surface area contributed by atoms with Crippen molar-refractivity contribution in [3.63, 3.8) is 0 Å². The molecule has 1 aliphatic heterocycles. The Hall–Kier alpha value is -2.24. The third-order valence-electron chi connectivity index (χ3n) is 4.27. The highest BCUT2D eigenvalue weighted by Gasteiger charge is 2.26. The molecule has 2 rings (SSSR count). The van der Waals surface area contributed by atoms with Crippen molar-refractivity contribution in [1.82, 2.24) is 10.2 Å². The summed E-state index contributed by atoms with van der Waals surface area (Å²) >= 11 is 0. The van der Waals surface area contributed by atoms with E-state index in [9.17, 15) is 9.59 Å². The van der Waals surface area contributed by atoms with Gasteiger partial charge in [0.15, 0.2) is 11.5 Å². The second-order valence-electron chi connectivity index (χ2n) is 5.92. The second kappa shape index (κ2) is 8.57. The molecule has 24 heavy (non-hydrogen) atoms. The van der Waals surface area contributed by atoms with E-state index in [2.05, 4.69) is 12.2 Å². The monoisotopic (exact) mass is 334 g/mol. The van der Waals surface area contributed by atoms with Gasteiger partial charge in [0.25, 0.3) is 0 Å². The average molecular weight is 334 g/mol. The SMILES string of the molecule is CCCCCNC(=O)C(=O)N1CCc2cc(OC)c(OC)cc2C1. The van der Waals surface area contributed by atoms with Gasteiger partial charge >= 0.3 is 11.8 Å². The zero-order valence-corrected chi connectivity index (χ0v) is 14.7. The number of benzene rings is 1. The van der Waals surface area contributed by atoms with Gasteiger partial charge < -0.3 is 19.7 Å². The summed E-state index contributed by atoms with van der Waals surface area (Å²) in [6.07, 6.45) is 3.73. The molecular weight excluding hydrogens is 308 g/mol. The van der Waals surface area contributed by atoms with E-state index in [-0.39, 0.29) is 0 Å². The molecule has 1 N–H and O–H groups in total. The van der Waals surface area contributed by atoms with Crippen molar-refractivity contribution in [2.24, 2.45) is 0 Å². The van der Waals surface area contributed by atoms with Crippen LogP contribution in [0.4, 0.5) is 0 Å². The molecule has 132 valence electrons. The van der Waals surface area contributed by atoms with Crippen LogP contribution < -0.4 is 14.8 Å². The van der Waals surface area contributed by atoms with E-state index in [1.165, 1.54) is 0 Å². The first-order valence-electron chi connectivity index (χ1n) is 8.41. The van der Waals surface area contributed by atoms with E-state index < -0.39 is 11.8 Å². The topological polar surface area (TPSA) is 67.9 Å². The number of nitrogens with one attached hydrogen (secondary N) is 1. The minimum Gasteiger partial charge on any atom is -0.493 e. The summed E-state index contributed by atoms with van der Waals surface area (Å²) in [6, 6.07) is 3.83. The number of unbranched alkanes of at least 4 members (excludes halogenated alkanes) is 2. The van der Waals surface area contributed by atoms with Crippen molar-refractivity contribution in [3.05, 3.63) is 23.3 Å². The predicted molar refractivity (Wildman–Crippen MR) is 91.2 cm³/mol. The molecule has 0 spiro atoms. The maximum absolute atomic E-state index is 12.3. The molecule has 0 fully saturated rings. The van der Waals surface area contributed by atoms with Crippen LogP contribution >= 0.6 is 0 Å². The Morgan fingerprint density at radius 3 is 2.42 bits per heavy atom. The van der Waals surface area contributed by atoms with Crippen LogP contribution in [0, 0.1) is 0 Å². The maximum atomic E-state index is 12.3. The van der Waals surface area contributed by atoms with Gasteiger partial charge in [-0.15, -0.1) is 0 Å². The molecule has 0 radical (unpaired) electrons. The Kier molecular flexibility index (Phi) is 6.46. The summed E-state index contributed by atoms with van der Waals surface area (Å²) in [5.41, 5.74) is 2.12. The predicted octanol–water partition coefficient (Wildman–Crippen LogP) is 1.89. The molecular formula is C18H26N2O4. The standard InChI is InChI=1S/C18H26N2O4/c1-4-5-6-8-19-17(21)18(22)20-9-7-13-10-15(23-2)16(24-3)11-14(13)12-20/h10-11H,4-9,12H2,1-3H3,(H,19,21). The number of hydrogen-bond acceptors (Lipinski definition) is 4. The third kappa shape index (κ3) is 4.19. The number of fused-ring (bicyclic) bond motifs is 1. The van der Waals surface area contributed by atoms with Crippen LogP contribution in [-0.2, 0) is 22.6 Å². The fourth-order valence-corrected chi connectivity index (χ4v) is 2.85. The van der Waals surface area contributed by atoms with Crippen LogP contribution in [0.15, 0.2) is 12.1 Å². The molecule has 0 saturated heterocycles. The summed E-state index contributed by atoms with van der Waals surface area (Å²) in [5, 5.41) is 2.70. The largest absolute Gasteiger partial charge is 0.493 e. The van der Waals surface area contributed by atoms with Crippen LogP contribution in [-0.4, -0.2) is 44.0 Å². The van der Waals surface area contributed by atoms with Gasteiger partial charge in [0, 0.05) is 19.6 Å². The minimum atomic E-state index is -0.518. The van der Waals surface area contributed by atoms with Crippen LogP contribution in [0.1, 0.15) is 37.3 Å². The van der Waals surface area contributed by atoms with Gasteiger partial charge in [-0.1, -0.05) is 19.8 Å². The van der Waals surface area contributed by atoms with Crippen LogP contribution in [0.25, 0.3) is 0 Å². The van der Waals surface area contributed by atoms with Gasteiger partial charge in [-0.3, -0.25) is 9.59 Å². The smallest absolute Gasteiger partial charge is 0.312 e. The van der Waals surface area contributed by atoms with Gasteiger partial charge in [0.05, 0.1) is 14.2 Å². The lowest BCUT2D eigenvalue weighted by molar-refractivity contribution is -0.146. The molecule has 1 aliphatic rings. The third-order valence-corrected chi connectivity index (χ3v) is 4.27. The van der Waals surface area contributed by atoms with E-state index in [1.54, 1.807) is 19.1 Å². The molecule has 2 amide bonds. The molecule has 1 aromatic carbocycles. The zero-order chi connectivity index (χ0) is 17.5. The highest BCUT2D eigenvalue weighted by atomic mass is 16.5. The molecule has 0 atom stereocenters. The number of methoxy groups -OCH3 is 2. The van der Waals surface area contributed by atoms with Crippen molar-refractivity contribution in [3.8, 4) is 11.5 Å². The fourth-order valence-electron chi connectivity index (χ4n) is 2.85. The number of carbonyl (C=O) groups excluding carboxylic acids is 2. The van der Waals surface area contributed by atoms with Crippen molar-refractivity contribution >= 4 is 11.8 Å². The first-order valence-corrected chi connectivity index (χ1v) is 8.41. The van der Waals surface area contributed by atoms with Crippen molar-refractivity contribution in [2.45, 2.75) is 39.2 Å². The molecule has 1 heterocycles. The summed E-state index contributed by atoms with van der Waals surface area (Å²) in [7, 11) is 3.19. The quantitative estimate of drug-likeness (QED) is 0.637. The Morgan fingerprint density at radius 2 is 1.79 bits per heavy atom. The molecule has 0 saturated carbocycles.